The summed E-state index contributed by atoms with van der Waals surface area (Å²) in [5, 5.41) is 2.13. The highest BCUT2D eigenvalue weighted by atomic mass is 28.2. The standard InChI is InChI=1S/C12H14F5NO3Si/c1-12(2,21-22)3-4-18-11(19)20-10-8(16)6(14)5(13)7(15)9(10)17/h3-4H2,1-2,22H3,(H,18,19). The van der Waals surface area contributed by atoms with Crippen LogP contribution < -0.4 is 10.1 Å². The molecule has 22 heavy (non-hydrogen) atoms. The molecule has 0 atom stereocenters. The Labute approximate surface area is 126 Å². The number of rotatable bonds is 5. The zero-order valence-electron chi connectivity index (χ0n) is 12.0. The van der Waals surface area contributed by atoms with Gasteiger partial charge < -0.3 is 14.5 Å². The first kappa shape index (κ1) is 18.4. The van der Waals surface area contributed by atoms with E-state index in [2.05, 4.69) is 10.1 Å². The third kappa shape index (κ3) is 4.16. The minimum atomic E-state index is -2.33. The van der Waals surface area contributed by atoms with E-state index in [-0.39, 0.29) is 6.54 Å². The summed E-state index contributed by atoms with van der Waals surface area (Å²) in [5.74, 6) is -12.8. The second-order valence-electron chi connectivity index (χ2n) is 4.93. The molecule has 0 aromatic heterocycles. The lowest BCUT2D eigenvalue weighted by atomic mass is 10.1. The number of amides is 1. The third-order valence-electron chi connectivity index (χ3n) is 2.91. The Bertz CT molecular complexity index is 553. The third-order valence-corrected chi connectivity index (χ3v) is 4.02. The zero-order valence-corrected chi connectivity index (χ0v) is 14.0. The molecule has 4 nitrogen and oxygen atoms in total. The van der Waals surface area contributed by atoms with Gasteiger partial charge in [0.2, 0.25) is 34.8 Å². The molecule has 124 valence electrons. The summed E-state index contributed by atoms with van der Waals surface area (Å²) in [6.45, 7) is 3.55. The molecular formula is C12H14F5NO3Si. The van der Waals surface area contributed by atoms with E-state index < -0.39 is 46.5 Å². The largest absolute Gasteiger partial charge is 0.423 e. The maximum Gasteiger partial charge on any atom is 0.412 e. The summed E-state index contributed by atoms with van der Waals surface area (Å²) < 4.78 is 74.6. The highest BCUT2D eigenvalue weighted by molar-refractivity contribution is 5.98. The average Bonchev–Trinajstić information content (AvgIpc) is 2.47. The van der Waals surface area contributed by atoms with Crippen LogP contribution in [0.3, 0.4) is 0 Å². The number of nitrogens with one attached hydrogen (secondary N) is 1. The van der Waals surface area contributed by atoms with E-state index >= 15 is 0 Å². The molecule has 0 aliphatic rings. The quantitative estimate of drug-likeness (QED) is 0.385. The van der Waals surface area contributed by atoms with Gasteiger partial charge in [0.25, 0.3) is 0 Å². The highest BCUT2D eigenvalue weighted by Crippen LogP contribution is 2.29. The van der Waals surface area contributed by atoms with Gasteiger partial charge in [0.05, 0.1) is 5.60 Å². The Balaban J connectivity index is 2.78. The first-order chi connectivity index (χ1) is 10.1. The predicted octanol–water partition coefficient (Wildman–Crippen LogP) is 1.94. The van der Waals surface area contributed by atoms with Gasteiger partial charge in [-0.1, -0.05) is 0 Å². The molecule has 1 aromatic carbocycles. The Morgan fingerprint density at radius 2 is 1.50 bits per heavy atom. The van der Waals surface area contributed by atoms with Crippen molar-refractivity contribution in [3.8, 4) is 5.75 Å². The number of hydrogen-bond donors (Lipinski definition) is 1. The van der Waals surface area contributed by atoms with Crippen LogP contribution in [0, 0.1) is 29.1 Å². The van der Waals surface area contributed by atoms with Crippen LogP contribution in [0.2, 0.25) is 0 Å². The second-order valence-corrected chi connectivity index (χ2v) is 5.34. The summed E-state index contributed by atoms with van der Waals surface area (Å²) in [4.78, 5) is 11.4. The Morgan fingerprint density at radius 1 is 1.05 bits per heavy atom. The summed E-state index contributed by atoms with van der Waals surface area (Å²) in [6.07, 6.45) is -0.977. The first-order valence-electron chi connectivity index (χ1n) is 6.13. The van der Waals surface area contributed by atoms with E-state index in [4.69, 9.17) is 4.43 Å². The molecule has 0 unspecified atom stereocenters. The van der Waals surface area contributed by atoms with Crippen molar-refractivity contribution in [1.82, 2.24) is 5.32 Å². The molecule has 0 saturated heterocycles. The minimum absolute atomic E-state index is 0.0312. The molecule has 10 heteroatoms. The van der Waals surface area contributed by atoms with Gasteiger partial charge in [-0.25, -0.2) is 18.0 Å². The van der Waals surface area contributed by atoms with Crippen molar-refractivity contribution in [2.75, 3.05) is 6.54 Å². The average molecular weight is 343 g/mol. The summed E-state index contributed by atoms with van der Waals surface area (Å²) in [5.41, 5.74) is -0.510. The van der Waals surface area contributed by atoms with Gasteiger partial charge >= 0.3 is 6.09 Å². The van der Waals surface area contributed by atoms with Crippen molar-refractivity contribution < 1.29 is 35.9 Å². The van der Waals surface area contributed by atoms with Crippen molar-refractivity contribution in [3.63, 3.8) is 0 Å². The van der Waals surface area contributed by atoms with Gasteiger partial charge in [-0.15, -0.1) is 0 Å². The number of benzene rings is 1. The second kappa shape index (κ2) is 7.05. The number of ether oxygens (including phenoxy) is 1. The topological polar surface area (TPSA) is 47.6 Å². The SMILES string of the molecule is CC(C)(CCNC(=O)Oc1c(F)c(F)c(F)c(F)c1F)O[SiH3]. The van der Waals surface area contributed by atoms with Crippen molar-refractivity contribution >= 4 is 16.6 Å². The van der Waals surface area contributed by atoms with Crippen LogP contribution >= 0.6 is 0 Å². The van der Waals surface area contributed by atoms with E-state index in [0.717, 1.165) is 0 Å². The molecule has 0 aliphatic heterocycles. The van der Waals surface area contributed by atoms with Crippen molar-refractivity contribution in [2.45, 2.75) is 25.9 Å². The van der Waals surface area contributed by atoms with Crippen LogP contribution in [0.15, 0.2) is 0 Å². The summed E-state index contributed by atoms with van der Waals surface area (Å²) >= 11 is 0. The molecule has 0 saturated carbocycles. The van der Waals surface area contributed by atoms with Crippen LogP contribution in [0.1, 0.15) is 20.3 Å². The molecule has 0 radical (unpaired) electrons. The Hall–Kier alpha value is -1.68. The van der Waals surface area contributed by atoms with E-state index in [0.29, 0.717) is 16.9 Å². The van der Waals surface area contributed by atoms with E-state index in [1.807, 2.05) is 0 Å². The maximum absolute atomic E-state index is 13.3. The molecule has 1 aromatic rings. The van der Waals surface area contributed by atoms with Crippen LogP contribution in [0.25, 0.3) is 0 Å². The number of carbonyl (C=O) groups is 1. The van der Waals surface area contributed by atoms with Crippen molar-refractivity contribution in [1.29, 1.82) is 0 Å². The fraction of sp³-hybridized carbons (Fsp3) is 0.417. The first-order valence-corrected chi connectivity index (χ1v) is 6.94. The summed E-state index contributed by atoms with van der Waals surface area (Å²) in [6, 6.07) is 0. The lowest BCUT2D eigenvalue weighted by Gasteiger charge is -2.23. The predicted molar refractivity (Wildman–Crippen MR) is 70.0 cm³/mol. The molecular weight excluding hydrogens is 329 g/mol. The molecule has 0 fully saturated rings. The van der Waals surface area contributed by atoms with Gasteiger partial charge in [0.1, 0.15) is 10.5 Å². The normalized spacial score (nSPS) is 11.6. The smallest absolute Gasteiger partial charge is 0.412 e. The lowest BCUT2D eigenvalue weighted by molar-refractivity contribution is 0.112. The monoisotopic (exact) mass is 343 g/mol. The van der Waals surface area contributed by atoms with E-state index in [9.17, 15) is 26.7 Å². The highest BCUT2D eigenvalue weighted by Gasteiger charge is 2.28. The summed E-state index contributed by atoms with van der Waals surface area (Å²) in [7, 11) is 0.474. The Kier molecular flexibility index (Phi) is 5.89. The van der Waals surface area contributed by atoms with Crippen molar-refractivity contribution in [2.24, 2.45) is 0 Å². The van der Waals surface area contributed by atoms with Gasteiger partial charge in [-0.3, -0.25) is 0 Å². The molecule has 1 rings (SSSR count). The van der Waals surface area contributed by atoms with Gasteiger partial charge in [0.15, 0.2) is 0 Å². The van der Waals surface area contributed by atoms with Gasteiger partial charge in [-0.05, 0) is 20.3 Å². The van der Waals surface area contributed by atoms with Gasteiger partial charge in [-0.2, -0.15) is 8.78 Å². The van der Waals surface area contributed by atoms with Crippen molar-refractivity contribution in [3.05, 3.63) is 29.1 Å². The molecule has 0 aliphatic carbocycles. The van der Waals surface area contributed by atoms with Crippen LogP contribution in [0.5, 0.6) is 5.75 Å². The van der Waals surface area contributed by atoms with Gasteiger partial charge in [0, 0.05) is 6.54 Å². The Morgan fingerprint density at radius 3 is 1.95 bits per heavy atom. The van der Waals surface area contributed by atoms with E-state index in [1.54, 1.807) is 13.8 Å². The minimum Gasteiger partial charge on any atom is -0.423 e. The number of halogens is 5. The lowest BCUT2D eigenvalue weighted by Crippen LogP contribution is -2.34. The molecule has 0 spiro atoms. The number of hydrogen-bond acceptors (Lipinski definition) is 3. The van der Waals surface area contributed by atoms with Crippen LogP contribution in [-0.4, -0.2) is 28.7 Å². The van der Waals surface area contributed by atoms with E-state index in [1.165, 1.54) is 0 Å². The fourth-order valence-electron chi connectivity index (χ4n) is 1.37. The molecule has 1 N–H and O–H groups in total. The maximum atomic E-state index is 13.3. The van der Waals surface area contributed by atoms with Crippen LogP contribution in [-0.2, 0) is 4.43 Å². The number of carbonyl (C=O) groups excluding carboxylic acids is 1. The zero-order chi connectivity index (χ0) is 17.1. The molecule has 0 heterocycles. The molecule has 0 bridgehead atoms. The fourth-order valence-corrected chi connectivity index (χ4v) is 1.57. The molecule has 1 amide bonds. The van der Waals surface area contributed by atoms with Crippen LogP contribution in [0.4, 0.5) is 26.7 Å².